The zero-order chi connectivity index (χ0) is 20.8. The molecule has 0 aliphatic carbocycles. The SMILES string of the molecule is O=C(NCc1ccc(C(=O)Nc2ccc(Cl)c(C(=O)O)c2)cc1)c1ccccc1. The highest BCUT2D eigenvalue weighted by molar-refractivity contribution is 6.33. The lowest BCUT2D eigenvalue weighted by Crippen LogP contribution is -2.22. The maximum absolute atomic E-state index is 12.4. The van der Waals surface area contributed by atoms with Crippen LogP contribution in [0.25, 0.3) is 0 Å². The van der Waals surface area contributed by atoms with Gasteiger partial charge in [0, 0.05) is 23.4 Å². The Kier molecular flexibility index (Phi) is 6.26. The molecule has 0 bridgehead atoms. The first kappa shape index (κ1) is 20.1. The van der Waals surface area contributed by atoms with E-state index in [2.05, 4.69) is 10.6 Å². The van der Waals surface area contributed by atoms with E-state index in [1.54, 1.807) is 48.5 Å². The van der Waals surface area contributed by atoms with Gasteiger partial charge in [-0.3, -0.25) is 9.59 Å². The zero-order valence-corrected chi connectivity index (χ0v) is 15.9. The number of anilines is 1. The summed E-state index contributed by atoms with van der Waals surface area (Å²) in [5.74, 6) is -1.74. The van der Waals surface area contributed by atoms with Crippen LogP contribution in [-0.4, -0.2) is 22.9 Å². The van der Waals surface area contributed by atoms with Crippen molar-refractivity contribution in [1.29, 1.82) is 0 Å². The fourth-order valence-corrected chi connectivity index (χ4v) is 2.82. The maximum Gasteiger partial charge on any atom is 0.337 e. The number of rotatable bonds is 6. The normalized spacial score (nSPS) is 10.2. The summed E-state index contributed by atoms with van der Waals surface area (Å²) in [6, 6.07) is 19.9. The Bertz CT molecular complexity index is 1050. The van der Waals surface area contributed by atoms with Crippen molar-refractivity contribution in [2.45, 2.75) is 6.54 Å². The van der Waals surface area contributed by atoms with Gasteiger partial charge >= 0.3 is 5.97 Å². The van der Waals surface area contributed by atoms with Crippen molar-refractivity contribution in [1.82, 2.24) is 5.32 Å². The predicted molar refractivity (Wildman–Crippen MR) is 110 cm³/mol. The number of halogens is 1. The van der Waals surface area contributed by atoms with Crippen LogP contribution in [0.5, 0.6) is 0 Å². The summed E-state index contributed by atoms with van der Waals surface area (Å²) in [5.41, 5.74) is 2.05. The van der Waals surface area contributed by atoms with Crippen LogP contribution in [0.15, 0.2) is 72.8 Å². The van der Waals surface area contributed by atoms with Crippen LogP contribution in [0.1, 0.15) is 36.6 Å². The van der Waals surface area contributed by atoms with Crippen LogP contribution in [0.3, 0.4) is 0 Å². The quantitative estimate of drug-likeness (QED) is 0.569. The topological polar surface area (TPSA) is 95.5 Å². The molecule has 0 aliphatic rings. The van der Waals surface area contributed by atoms with Crippen molar-refractivity contribution in [2.75, 3.05) is 5.32 Å². The molecule has 3 aromatic carbocycles. The van der Waals surface area contributed by atoms with Crippen molar-refractivity contribution in [3.63, 3.8) is 0 Å². The molecule has 0 saturated heterocycles. The number of aromatic carboxylic acids is 1. The molecule has 7 heteroatoms. The Balaban J connectivity index is 1.61. The highest BCUT2D eigenvalue weighted by Gasteiger charge is 2.12. The van der Waals surface area contributed by atoms with E-state index in [4.69, 9.17) is 16.7 Å². The molecule has 3 rings (SSSR count). The summed E-state index contributed by atoms with van der Waals surface area (Å²) in [7, 11) is 0. The molecule has 3 aromatic rings. The van der Waals surface area contributed by atoms with Gasteiger partial charge in [-0.05, 0) is 48.0 Å². The van der Waals surface area contributed by atoms with Gasteiger partial charge in [0.2, 0.25) is 0 Å². The molecule has 6 nitrogen and oxygen atoms in total. The maximum atomic E-state index is 12.4. The zero-order valence-electron chi connectivity index (χ0n) is 15.2. The van der Waals surface area contributed by atoms with E-state index in [0.717, 1.165) is 5.56 Å². The second-order valence-electron chi connectivity index (χ2n) is 6.20. The number of carboxylic acids is 1. The molecular formula is C22H17ClN2O4. The molecule has 0 heterocycles. The third-order valence-electron chi connectivity index (χ3n) is 4.16. The lowest BCUT2D eigenvalue weighted by atomic mass is 10.1. The molecule has 0 radical (unpaired) electrons. The van der Waals surface area contributed by atoms with Crippen molar-refractivity contribution >= 4 is 35.1 Å². The van der Waals surface area contributed by atoms with Gasteiger partial charge < -0.3 is 15.7 Å². The Morgan fingerprint density at radius 3 is 2.14 bits per heavy atom. The number of carboxylic acid groups (broad SMARTS) is 1. The van der Waals surface area contributed by atoms with Gasteiger partial charge in [-0.1, -0.05) is 41.9 Å². The summed E-state index contributed by atoms with van der Waals surface area (Å²) < 4.78 is 0. The van der Waals surface area contributed by atoms with Crippen molar-refractivity contribution in [3.05, 3.63) is 100 Å². The molecule has 0 atom stereocenters. The largest absolute Gasteiger partial charge is 0.478 e. The smallest absolute Gasteiger partial charge is 0.337 e. The number of benzene rings is 3. The van der Waals surface area contributed by atoms with E-state index < -0.39 is 5.97 Å². The second-order valence-corrected chi connectivity index (χ2v) is 6.61. The van der Waals surface area contributed by atoms with E-state index in [9.17, 15) is 14.4 Å². The van der Waals surface area contributed by atoms with Gasteiger partial charge in [-0.2, -0.15) is 0 Å². The third kappa shape index (κ3) is 5.21. The lowest BCUT2D eigenvalue weighted by molar-refractivity contribution is 0.0696. The van der Waals surface area contributed by atoms with E-state index in [-0.39, 0.29) is 22.4 Å². The first-order chi connectivity index (χ1) is 13.9. The summed E-state index contributed by atoms with van der Waals surface area (Å²) in [6.07, 6.45) is 0. The van der Waals surface area contributed by atoms with Gasteiger partial charge in [0.25, 0.3) is 11.8 Å². The molecule has 0 aliphatic heterocycles. The first-order valence-electron chi connectivity index (χ1n) is 8.70. The Morgan fingerprint density at radius 1 is 0.828 bits per heavy atom. The van der Waals surface area contributed by atoms with Gasteiger partial charge in [-0.15, -0.1) is 0 Å². The van der Waals surface area contributed by atoms with E-state index >= 15 is 0 Å². The van der Waals surface area contributed by atoms with Crippen molar-refractivity contribution in [3.8, 4) is 0 Å². The Morgan fingerprint density at radius 2 is 1.48 bits per heavy atom. The van der Waals surface area contributed by atoms with Crippen LogP contribution in [0, 0.1) is 0 Å². The average molecular weight is 409 g/mol. The number of hydrogen-bond acceptors (Lipinski definition) is 3. The second kappa shape index (κ2) is 9.03. The summed E-state index contributed by atoms with van der Waals surface area (Å²) >= 11 is 5.83. The summed E-state index contributed by atoms with van der Waals surface area (Å²) in [5, 5.41) is 14.7. The van der Waals surface area contributed by atoms with E-state index in [1.807, 2.05) is 6.07 Å². The predicted octanol–water partition coefficient (Wildman–Crippen LogP) is 4.22. The van der Waals surface area contributed by atoms with Crippen molar-refractivity contribution in [2.24, 2.45) is 0 Å². The minimum Gasteiger partial charge on any atom is -0.478 e. The van der Waals surface area contributed by atoms with Crippen LogP contribution in [0.2, 0.25) is 5.02 Å². The molecule has 0 aromatic heterocycles. The van der Waals surface area contributed by atoms with Gasteiger partial charge in [0.15, 0.2) is 0 Å². The van der Waals surface area contributed by atoms with Crippen LogP contribution in [0.4, 0.5) is 5.69 Å². The number of nitrogens with one attached hydrogen (secondary N) is 2. The highest BCUT2D eigenvalue weighted by Crippen LogP contribution is 2.21. The number of carbonyl (C=O) groups is 3. The lowest BCUT2D eigenvalue weighted by Gasteiger charge is -2.09. The molecule has 0 saturated carbocycles. The standard InChI is InChI=1S/C22H17ClN2O4/c23-19-11-10-17(12-18(19)22(28)29)25-21(27)16-8-6-14(7-9-16)13-24-20(26)15-4-2-1-3-5-15/h1-12H,13H2,(H,24,26)(H,25,27)(H,28,29). The van der Waals surface area contributed by atoms with Gasteiger partial charge in [0.05, 0.1) is 10.6 Å². The van der Waals surface area contributed by atoms with Gasteiger partial charge in [0.1, 0.15) is 0 Å². The van der Waals surface area contributed by atoms with Gasteiger partial charge in [-0.25, -0.2) is 4.79 Å². The summed E-state index contributed by atoms with van der Waals surface area (Å²) in [6.45, 7) is 0.328. The molecule has 146 valence electrons. The number of amides is 2. The molecule has 29 heavy (non-hydrogen) atoms. The van der Waals surface area contributed by atoms with Crippen LogP contribution >= 0.6 is 11.6 Å². The first-order valence-corrected chi connectivity index (χ1v) is 9.08. The number of hydrogen-bond donors (Lipinski definition) is 3. The molecule has 0 fully saturated rings. The molecule has 3 N–H and O–H groups in total. The van der Waals surface area contributed by atoms with E-state index in [0.29, 0.717) is 23.4 Å². The molecule has 0 spiro atoms. The Hall–Kier alpha value is -3.64. The third-order valence-corrected chi connectivity index (χ3v) is 4.49. The summed E-state index contributed by atoms with van der Waals surface area (Å²) in [4.78, 5) is 35.6. The highest BCUT2D eigenvalue weighted by atomic mass is 35.5. The average Bonchev–Trinajstić information content (AvgIpc) is 2.74. The van der Waals surface area contributed by atoms with Crippen molar-refractivity contribution < 1.29 is 19.5 Å². The monoisotopic (exact) mass is 408 g/mol. The van der Waals surface area contributed by atoms with Crippen LogP contribution in [-0.2, 0) is 6.54 Å². The van der Waals surface area contributed by atoms with Crippen LogP contribution < -0.4 is 10.6 Å². The molecule has 2 amide bonds. The Labute approximate surface area is 172 Å². The van der Waals surface area contributed by atoms with E-state index in [1.165, 1.54) is 18.2 Å². The number of carbonyl (C=O) groups excluding carboxylic acids is 2. The minimum atomic E-state index is -1.17. The fourth-order valence-electron chi connectivity index (χ4n) is 2.62. The molecular weight excluding hydrogens is 392 g/mol. The fraction of sp³-hybridized carbons (Fsp3) is 0.0455. The molecule has 0 unspecified atom stereocenters. The minimum absolute atomic E-state index is 0.0889.